The Morgan fingerprint density at radius 2 is 2.24 bits per heavy atom. The molecule has 0 aromatic carbocycles. The highest BCUT2D eigenvalue weighted by Gasteiger charge is 2.41. The number of pyridine rings is 1. The molecule has 0 aliphatic carbocycles. The predicted molar refractivity (Wildman–Crippen MR) is 95.1 cm³/mol. The molecule has 0 saturated carbocycles. The summed E-state index contributed by atoms with van der Waals surface area (Å²) in [4.78, 5) is 21.1. The smallest absolute Gasteiger partial charge is 0.222 e. The van der Waals surface area contributed by atoms with Crippen molar-refractivity contribution in [2.75, 3.05) is 44.8 Å². The number of likely N-dealkylation sites (tertiary alicyclic amines) is 1. The first kappa shape index (κ1) is 17.7. The Labute approximate surface area is 149 Å². The van der Waals surface area contributed by atoms with E-state index in [1.165, 1.54) is 0 Å². The molecule has 2 aliphatic heterocycles. The van der Waals surface area contributed by atoms with Gasteiger partial charge in [-0.1, -0.05) is 0 Å². The summed E-state index contributed by atoms with van der Waals surface area (Å²) in [6.45, 7) is 4.22. The second-order valence-electron chi connectivity index (χ2n) is 7.20. The first-order valence-corrected chi connectivity index (χ1v) is 9.04. The zero-order chi connectivity index (χ0) is 17.7. The highest BCUT2D eigenvalue weighted by Crippen LogP contribution is 2.39. The van der Waals surface area contributed by atoms with E-state index >= 15 is 0 Å². The van der Waals surface area contributed by atoms with Crippen molar-refractivity contribution >= 4 is 11.7 Å². The summed E-state index contributed by atoms with van der Waals surface area (Å²) in [6.07, 6.45) is 6.40. The van der Waals surface area contributed by atoms with Crippen LogP contribution in [0.15, 0.2) is 18.3 Å². The standard InChI is InChI=1S/C19H26N4O2/c1-25-11-3-10-23-15-19(8-6-18(23)24)7-2-9-22(14-19)17-5-4-16(12-20)13-21-17/h4-5,13H,2-3,6-11,14-15H2,1H3/t19-/m1/s1. The van der Waals surface area contributed by atoms with Gasteiger partial charge >= 0.3 is 0 Å². The fraction of sp³-hybridized carbons (Fsp3) is 0.632. The molecular weight excluding hydrogens is 316 g/mol. The van der Waals surface area contributed by atoms with E-state index in [-0.39, 0.29) is 11.3 Å². The molecule has 3 heterocycles. The van der Waals surface area contributed by atoms with Gasteiger partial charge in [0.25, 0.3) is 0 Å². The van der Waals surface area contributed by atoms with Crippen molar-refractivity contribution in [3.63, 3.8) is 0 Å². The number of rotatable bonds is 5. The van der Waals surface area contributed by atoms with Gasteiger partial charge in [0, 0.05) is 57.9 Å². The Morgan fingerprint density at radius 1 is 1.36 bits per heavy atom. The normalized spacial score (nSPS) is 23.8. The van der Waals surface area contributed by atoms with Crippen LogP contribution in [0.4, 0.5) is 5.82 Å². The lowest BCUT2D eigenvalue weighted by Gasteiger charge is -2.48. The lowest BCUT2D eigenvalue weighted by Crippen LogP contribution is -2.54. The average Bonchev–Trinajstić information content (AvgIpc) is 2.65. The fourth-order valence-electron chi connectivity index (χ4n) is 4.08. The molecule has 1 atom stereocenters. The molecule has 0 N–H and O–H groups in total. The van der Waals surface area contributed by atoms with Crippen molar-refractivity contribution in [2.45, 2.75) is 32.1 Å². The maximum atomic E-state index is 12.3. The van der Waals surface area contributed by atoms with Crippen LogP contribution in [0.1, 0.15) is 37.7 Å². The summed E-state index contributed by atoms with van der Waals surface area (Å²) in [5.74, 6) is 1.20. The lowest BCUT2D eigenvalue weighted by atomic mass is 9.73. The summed E-state index contributed by atoms with van der Waals surface area (Å²) in [5.41, 5.74) is 0.748. The largest absolute Gasteiger partial charge is 0.385 e. The molecule has 1 aromatic rings. The Kier molecular flexibility index (Phi) is 5.54. The van der Waals surface area contributed by atoms with Gasteiger partial charge in [0.15, 0.2) is 0 Å². The van der Waals surface area contributed by atoms with Crippen LogP contribution >= 0.6 is 0 Å². The van der Waals surface area contributed by atoms with Crippen molar-refractivity contribution < 1.29 is 9.53 Å². The van der Waals surface area contributed by atoms with Crippen LogP contribution in [0.2, 0.25) is 0 Å². The summed E-state index contributed by atoms with van der Waals surface area (Å²) >= 11 is 0. The quantitative estimate of drug-likeness (QED) is 0.767. The van der Waals surface area contributed by atoms with Gasteiger partial charge in [0.2, 0.25) is 5.91 Å². The molecule has 0 bridgehead atoms. The molecule has 0 unspecified atom stereocenters. The topological polar surface area (TPSA) is 69.5 Å². The molecular formula is C19H26N4O2. The average molecular weight is 342 g/mol. The molecule has 1 amide bonds. The van der Waals surface area contributed by atoms with Crippen molar-refractivity contribution in [3.05, 3.63) is 23.9 Å². The monoisotopic (exact) mass is 342 g/mol. The number of aromatic nitrogens is 1. The van der Waals surface area contributed by atoms with Gasteiger partial charge in [-0.05, 0) is 37.8 Å². The first-order valence-electron chi connectivity index (χ1n) is 9.04. The number of carbonyl (C=O) groups excluding carboxylic acids is 1. The van der Waals surface area contributed by atoms with Crippen LogP contribution in [0, 0.1) is 16.7 Å². The number of hydrogen-bond acceptors (Lipinski definition) is 5. The van der Waals surface area contributed by atoms with E-state index in [2.05, 4.69) is 16.0 Å². The van der Waals surface area contributed by atoms with Gasteiger partial charge in [0.05, 0.1) is 5.56 Å². The third kappa shape index (κ3) is 4.10. The number of nitrogens with zero attached hydrogens (tertiary/aromatic N) is 4. The van der Waals surface area contributed by atoms with E-state index in [4.69, 9.17) is 10.00 Å². The summed E-state index contributed by atoms with van der Waals surface area (Å²) < 4.78 is 5.12. The SMILES string of the molecule is COCCCN1C[C@]2(CCCN(c3ccc(C#N)cn3)C2)CCC1=O. The molecule has 6 nitrogen and oxygen atoms in total. The number of amides is 1. The first-order chi connectivity index (χ1) is 12.2. The van der Waals surface area contributed by atoms with E-state index in [1.54, 1.807) is 13.3 Å². The van der Waals surface area contributed by atoms with Crippen LogP contribution in [0.5, 0.6) is 0 Å². The van der Waals surface area contributed by atoms with Crippen LogP contribution in [-0.2, 0) is 9.53 Å². The number of hydrogen-bond donors (Lipinski definition) is 0. The van der Waals surface area contributed by atoms with Gasteiger partial charge in [-0.3, -0.25) is 4.79 Å². The Bertz CT molecular complexity index is 640. The molecule has 2 fully saturated rings. The molecule has 1 aromatic heterocycles. The highest BCUT2D eigenvalue weighted by molar-refractivity contribution is 5.77. The maximum Gasteiger partial charge on any atom is 0.222 e. The van der Waals surface area contributed by atoms with Crippen molar-refractivity contribution in [2.24, 2.45) is 5.41 Å². The predicted octanol–water partition coefficient (Wildman–Crippen LogP) is 2.20. The second-order valence-corrected chi connectivity index (χ2v) is 7.20. The van der Waals surface area contributed by atoms with Gasteiger partial charge in [-0.2, -0.15) is 5.26 Å². The number of piperidine rings is 2. The van der Waals surface area contributed by atoms with Gasteiger partial charge in [-0.15, -0.1) is 0 Å². The van der Waals surface area contributed by atoms with Gasteiger partial charge < -0.3 is 14.5 Å². The zero-order valence-corrected chi connectivity index (χ0v) is 14.9. The fourth-order valence-corrected chi connectivity index (χ4v) is 4.08. The van der Waals surface area contributed by atoms with E-state index < -0.39 is 0 Å². The summed E-state index contributed by atoms with van der Waals surface area (Å²) in [7, 11) is 1.70. The second kappa shape index (κ2) is 7.83. The maximum absolute atomic E-state index is 12.3. The van der Waals surface area contributed by atoms with Crippen LogP contribution in [-0.4, -0.2) is 55.7 Å². The van der Waals surface area contributed by atoms with Crippen LogP contribution in [0.3, 0.4) is 0 Å². The minimum Gasteiger partial charge on any atom is -0.385 e. The molecule has 3 rings (SSSR count). The number of nitriles is 1. The molecule has 1 spiro atoms. The zero-order valence-electron chi connectivity index (χ0n) is 14.9. The minimum atomic E-state index is 0.162. The molecule has 2 aliphatic rings. The number of methoxy groups -OCH3 is 1. The molecule has 25 heavy (non-hydrogen) atoms. The minimum absolute atomic E-state index is 0.162. The van der Waals surface area contributed by atoms with Gasteiger partial charge in [0.1, 0.15) is 11.9 Å². The molecule has 6 heteroatoms. The number of ether oxygens (including phenoxy) is 1. The number of carbonyl (C=O) groups is 1. The highest BCUT2D eigenvalue weighted by atomic mass is 16.5. The Morgan fingerprint density at radius 3 is 2.96 bits per heavy atom. The van der Waals surface area contributed by atoms with Crippen molar-refractivity contribution in [1.82, 2.24) is 9.88 Å². The van der Waals surface area contributed by atoms with E-state index in [9.17, 15) is 4.79 Å². The van der Waals surface area contributed by atoms with E-state index in [0.29, 0.717) is 18.6 Å². The summed E-state index contributed by atoms with van der Waals surface area (Å²) in [6, 6.07) is 5.87. The van der Waals surface area contributed by atoms with Crippen molar-refractivity contribution in [1.29, 1.82) is 5.26 Å². The van der Waals surface area contributed by atoms with Crippen LogP contribution < -0.4 is 4.90 Å². The van der Waals surface area contributed by atoms with E-state index in [0.717, 1.165) is 57.7 Å². The Hall–Kier alpha value is -2.13. The Balaban J connectivity index is 1.68. The van der Waals surface area contributed by atoms with Crippen molar-refractivity contribution in [3.8, 4) is 6.07 Å². The number of anilines is 1. The summed E-state index contributed by atoms with van der Waals surface area (Å²) in [5, 5.41) is 8.93. The molecule has 134 valence electrons. The van der Waals surface area contributed by atoms with Gasteiger partial charge in [-0.25, -0.2) is 4.98 Å². The molecule has 0 radical (unpaired) electrons. The third-order valence-corrected chi connectivity index (χ3v) is 5.39. The van der Waals surface area contributed by atoms with E-state index in [1.807, 2.05) is 17.0 Å². The lowest BCUT2D eigenvalue weighted by molar-refractivity contribution is -0.138. The van der Waals surface area contributed by atoms with Crippen LogP contribution in [0.25, 0.3) is 0 Å². The molecule has 2 saturated heterocycles. The third-order valence-electron chi connectivity index (χ3n) is 5.39.